The van der Waals surface area contributed by atoms with Crippen LogP contribution in [0.5, 0.6) is 11.5 Å². The van der Waals surface area contributed by atoms with Crippen molar-refractivity contribution in [1.29, 1.82) is 0 Å². The van der Waals surface area contributed by atoms with Gasteiger partial charge in [0.25, 0.3) is 5.91 Å². The lowest BCUT2D eigenvalue weighted by atomic mass is 10.0. The monoisotopic (exact) mass is 503 g/mol. The molecular formula is C24H23BrFNO5. The van der Waals surface area contributed by atoms with E-state index >= 15 is 0 Å². The average Bonchev–Trinajstić information content (AvgIpc) is 2.78. The smallest absolute Gasteiger partial charge is 0.330 e. The standard InChI is InChI=1S/C24H23BrFNO5/c1-24(2,23(29)30-3)27-22(28)19-14-20(25)17-6-4-5-7-18(17)21(19)32-13-12-31-16-10-8-15(26)9-11-16/h4-11,14H,12-13H2,1-3H3,(H,27,28). The van der Waals surface area contributed by atoms with Crippen LogP contribution in [0.3, 0.4) is 0 Å². The first-order valence-corrected chi connectivity index (χ1v) is 10.7. The second-order valence-electron chi connectivity index (χ2n) is 7.50. The Hall–Kier alpha value is -3.13. The number of halogens is 2. The third-order valence-electron chi connectivity index (χ3n) is 4.72. The van der Waals surface area contributed by atoms with Gasteiger partial charge in [0.1, 0.15) is 36.1 Å². The second kappa shape index (κ2) is 9.99. The molecule has 1 amide bonds. The minimum absolute atomic E-state index is 0.143. The number of benzene rings is 3. The Labute approximate surface area is 193 Å². The Bertz CT molecular complexity index is 1130. The van der Waals surface area contributed by atoms with Gasteiger partial charge in [-0.15, -0.1) is 0 Å². The number of nitrogens with one attached hydrogen (secondary N) is 1. The maximum atomic E-state index is 13.1. The van der Waals surface area contributed by atoms with Crippen molar-refractivity contribution in [3.05, 3.63) is 70.5 Å². The Morgan fingerprint density at radius 3 is 2.28 bits per heavy atom. The molecule has 0 aliphatic heterocycles. The molecule has 0 aromatic heterocycles. The van der Waals surface area contributed by atoms with E-state index in [9.17, 15) is 14.0 Å². The predicted molar refractivity (Wildman–Crippen MR) is 123 cm³/mol. The summed E-state index contributed by atoms with van der Waals surface area (Å²) in [6, 6.07) is 14.8. The molecule has 0 saturated carbocycles. The van der Waals surface area contributed by atoms with Gasteiger partial charge in [0.2, 0.25) is 0 Å². The van der Waals surface area contributed by atoms with Crippen LogP contribution in [0.4, 0.5) is 4.39 Å². The molecular weight excluding hydrogens is 481 g/mol. The molecule has 3 aromatic rings. The second-order valence-corrected chi connectivity index (χ2v) is 8.36. The fourth-order valence-electron chi connectivity index (χ4n) is 3.12. The number of amides is 1. The highest BCUT2D eigenvalue weighted by atomic mass is 79.9. The summed E-state index contributed by atoms with van der Waals surface area (Å²) in [6.45, 7) is 3.45. The number of hydrogen-bond donors (Lipinski definition) is 1. The van der Waals surface area contributed by atoms with Crippen LogP contribution in [0.1, 0.15) is 24.2 Å². The van der Waals surface area contributed by atoms with Gasteiger partial charge in [-0.25, -0.2) is 9.18 Å². The van der Waals surface area contributed by atoms with Crippen molar-refractivity contribution in [3.8, 4) is 11.5 Å². The first kappa shape index (κ1) is 23.5. The molecule has 168 valence electrons. The van der Waals surface area contributed by atoms with Crippen molar-refractivity contribution in [2.45, 2.75) is 19.4 Å². The molecule has 3 aromatic carbocycles. The number of hydrogen-bond acceptors (Lipinski definition) is 5. The van der Waals surface area contributed by atoms with Gasteiger partial charge in [0, 0.05) is 9.86 Å². The molecule has 0 unspecified atom stereocenters. The molecule has 0 atom stereocenters. The minimum Gasteiger partial charge on any atom is -0.490 e. The summed E-state index contributed by atoms with van der Waals surface area (Å²) in [7, 11) is 1.26. The average molecular weight is 504 g/mol. The Morgan fingerprint density at radius 2 is 1.62 bits per heavy atom. The summed E-state index contributed by atoms with van der Waals surface area (Å²) in [5.41, 5.74) is -0.971. The first-order valence-electron chi connectivity index (χ1n) is 9.86. The molecule has 8 heteroatoms. The van der Waals surface area contributed by atoms with Gasteiger partial charge in [-0.1, -0.05) is 40.2 Å². The maximum absolute atomic E-state index is 13.1. The van der Waals surface area contributed by atoms with E-state index in [1.807, 2.05) is 24.3 Å². The van der Waals surface area contributed by atoms with Crippen LogP contribution in [0, 0.1) is 5.82 Å². The summed E-state index contributed by atoms with van der Waals surface area (Å²) < 4.78 is 30.1. The summed E-state index contributed by atoms with van der Waals surface area (Å²) in [5.74, 6) is -0.527. The minimum atomic E-state index is -1.23. The molecule has 0 fully saturated rings. The Balaban J connectivity index is 1.85. The Kier molecular flexibility index (Phi) is 7.35. The number of esters is 1. The van der Waals surface area contributed by atoms with Gasteiger partial charge in [-0.3, -0.25) is 4.79 Å². The molecule has 0 heterocycles. The zero-order valence-corrected chi connectivity index (χ0v) is 19.5. The topological polar surface area (TPSA) is 73.9 Å². The van der Waals surface area contributed by atoms with Crippen LogP contribution < -0.4 is 14.8 Å². The number of fused-ring (bicyclic) bond motifs is 1. The summed E-state index contributed by atoms with van der Waals surface area (Å²) >= 11 is 3.51. The number of carbonyl (C=O) groups excluding carboxylic acids is 2. The van der Waals surface area contributed by atoms with Gasteiger partial charge in [0.15, 0.2) is 0 Å². The van der Waals surface area contributed by atoms with E-state index in [0.29, 0.717) is 16.0 Å². The van der Waals surface area contributed by atoms with Crippen LogP contribution in [0.15, 0.2) is 59.1 Å². The molecule has 0 aliphatic carbocycles. The van der Waals surface area contributed by atoms with E-state index in [2.05, 4.69) is 21.2 Å². The maximum Gasteiger partial charge on any atom is 0.330 e. The molecule has 0 spiro atoms. The van der Waals surface area contributed by atoms with Crippen molar-refractivity contribution < 1.29 is 28.2 Å². The van der Waals surface area contributed by atoms with Crippen LogP contribution in [-0.4, -0.2) is 37.7 Å². The summed E-state index contributed by atoms with van der Waals surface area (Å²) in [6.07, 6.45) is 0. The van der Waals surface area contributed by atoms with Crippen molar-refractivity contribution in [2.24, 2.45) is 0 Å². The van der Waals surface area contributed by atoms with E-state index in [4.69, 9.17) is 14.2 Å². The lowest BCUT2D eigenvalue weighted by Crippen LogP contribution is -2.50. The van der Waals surface area contributed by atoms with E-state index in [-0.39, 0.29) is 24.6 Å². The van der Waals surface area contributed by atoms with Gasteiger partial charge >= 0.3 is 5.97 Å². The zero-order chi connectivity index (χ0) is 23.3. The Morgan fingerprint density at radius 1 is 1.00 bits per heavy atom. The third kappa shape index (κ3) is 5.37. The van der Waals surface area contributed by atoms with E-state index in [1.165, 1.54) is 31.4 Å². The third-order valence-corrected chi connectivity index (χ3v) is 5.38. The molecule has 0 saturated heterocycles. The number of methoxy groups -OCH3 is 1. The highest BCUT2D eigenvalue weighted by Crippen LogP contribution is 2.35. The van der Waals surface area contributed by atoms with Gasteiger partial charge < -0.3 is 19.5 Å². The lowest BCUT2D eigenvalue weighted by Gasteiger charge is -2.24. The quantitative estimate of drug-likeness (QED) is 0.350. The van der Waals surface area contributed by atoms with Crippen LogP contribution >= 0.6 is 15.9 Å². The molecule has 6 nitrogen and oxygen atoms in total. The fraction of sp³-hybridized carbons (Fsp3) is 0.250. The fourth-order valence-corrected chi connectivity index (χ4v) is 3.69. The molecule has 3 rings (SSSR count). The zero-order valence-electron chi connectivity index (χ0n) is 17.9. The summed E-state index contributed by atoms with van der Waals surface area (Å²) in [5, 5.41) is 4.29. The molecule has 1 N–H and O–H groups in total. The van der Waals surface area contributed by atoms with Crippen molar-refractivity contribution in [2.75, 3.05) is 20.3 Å². The largest absolute Gasteiger partial charge is 0.490 e. The van der Waals surface area contributed by atoms with Crippen LogP contribution in [-0.2, 0) is 9.53 Å². The SMILES string of the molecule is COC(=O)C(C)(C)NC(=O)c1cc(Br)c2ccccc2c1OCCOc1ccc(F)cc1. The van der Waals surface area contributed by atoms with Gasteiger partial charge in [0.05, 0.1) is 12.7 Å². The normalized spacial score (nSPS) is 11.2. The molecule has 0 radical (unpaired) electrons. The van der Waals surface area contributed by atoms with Crippen LogP contribution in [0.25, 0.3) is 10.8 Å². The highest BCUT2D eigenvalue weighted by molar-refractivity contribution is 9.10. The number of carbonyl (C=O) groups is 2. The lowest BCUT2D eigenvalue weighted by molar-refractivity contribution is -0.146. The van der Waals surface area contributed by atoms with Crippen LogP contribution in [0.2, 0.25) is 0 Å². The van der Waals surface area contributed by atoms with E-state index in [0.717, 1.165) is 10.8 Å². The van der Waals surface area contributed by atoms with E-state index in [1.54, 1.807) is 19.9 Å². The van der Waals surface area contributed by atoms with Gasteiger partial charge in [-0.2, -0.15) is 0 Å². The number of rotatable bonds is 8. The predicted octanol–water partition coefficient (Wildman–Crippen LogP) is 4.88. The first-order chi connectivity index (χ1) is 15.2. The van der Waals surface area contributed by atoms with E-state index < -0.39 is 17.4 Å². The number of ether oxygens (including phenoxy) is 3. The van der Waals surface area contributed by atoms with Crippen molar-refractivity contribution in [1.82, 2.24) is 5.32 Å². The molecule has 0 aliphatic rings. The molecule has 0 bridgehead atoms. The van der Waals surface area contributed by atoms with Gasteiger partial charge in [-0.05, 0) is 49.6 Å². The highest BCUT2D eigenvalue weighted by Gasteiger charge is 2.32. The van der Waals surface area contributed by atoms with Crippen molar-refractivity contribution >= 4 is 38.6 Å². The van der Waals surface area contributed by atoms with Crippen molar-refractivity contribution in [3.63, 3.8) is 0 Å². The summed E-state index contributed by atoms with van der Waals surface area (Å²) in [4.78, 5) is 25.1. The molecule has 32 heavy (non-hydrogen) atoms.